The van der Waals surface area contributed by atoms with E-state index >= 15 is 0 Å². The number of carbonyl (C=O) groups excluding carboxylic acids is 2. The van der Waals surface area contributed by atoms with Crippen molar-refractivity contribution in [1.82, 2.24) is 20.9 Å². The van der Waals surface area contributed by atoms with Gasteiger partial charge in [0.15, 0.2) is 5.96 Å². The third-order valence-corrected chi connectivity index (χ3v) is 5.25. The molecule has 1 heterocycles. The SMILES string of the molecule is CN=C(NCCNC(=O)CC1CCCC1)NC1CCN(C(=O)C(C)C)C1. The number of aliphatic imine (C=N–C) groups is 1. The average Bonchev–Trinajstić information content (AvgIpc) is 3.28. The summed E-state index contributed by atoms with van der Waals surface area (Å²) in [7, 11) is 1.74. The van der Waals surface area contributed by atoms with Crippen LogP contribution in [0.25, 0.3) is 0 Å². The lowest BCUT2D eigenvalue weighted by atomic mass is 10.0. The maximum Gasteiger partial charge on any atom is 0.225 e. The fourth-order valence-electron chi connectivity index (χ4n) is 3.76. The Balaban J connectivity index is 1.60. The fraction of sp³-hybridized carbons (Fsp3) is 0.842. The molecule has 0 aromatic carbocycles. The molecular formula is C19H35N5O2. The predicted octanol–water partition coefficient (Wildman–Crippen LogP) is 1.10. The van der Waals surface area contributed by atoms with E-state index in [4.69, 9.17) is 0 Å². The van der Waals surface area contributed by atoms with Crippen molar-refractivity contribution in [3.05, 3.63) is 0 Å². The standard InChI is InChI=1S/C19H35N5O2/c1-14(2)18(26)24-11-8-16(13-24)23-19(20-3)22-10-9-21-17(25)12-15-6-4-5-7-15/h14-16H,4-13H2,1-3H3,(H,21,25)(H2,20,22,23). The van der Waals surface area contributed by atoms with Gasteiger partial charge in [-0.25, -0.2) is 0 Å². The number of nitrogens with one attached hydrogen (secondary N) is 3. The highest BCUT2D eigenvalue weighted by molar-refractivity contribution is 5.81. The summed E-state index contributed by atoms with van der Waals surface area (Å²) in [6.07, 6.45) is 6.51. The van der Waals surface area contributed by atoms with E-state index < -0.39 is 0 Å². The molecule has 2 amide bonds. The molecule has 3 N–H and O–H groups in total. The molecule has 1 atom stereocenters. The Bertz CT molecular complexity index is 500. The average molecular weight is 366 g/mol. The fourth-order valence-corrected chi connectivity index (χ4v) is 3.76. The molecule has 148 valence electrons. The van der Waals surface area contributed by atoms with Gasteiger partial charge in [-0.2, -0.15) is 0 Å². The molecule has 0 spiro atoms. The van der Waals surface area contributed by atoms with Crippen LogP contribution in [0.1, 0.15) is 52.4 Å². The summed E-state index contributed by atoms with van der Waals surface area (Å²) in [5.41, 5.74) is 0. The van der Waals surface area contributed by atoms with E-state index in [1.54, 1.807) is 7.05 Å². The van der Waals surface area contributed by atoms with Crippen LogP contribution in [0.5, 0.6) is 0 Å². The third kappa shape index (κ3) is 6.50. The van der Waals surface area contributed by atoms with Crippen molar-refractivity contribution >= 4 is 17.8 Å². The maximum atomic E-state index is 12.1. The first-order chi connectivity index (χ1) is 12.5. The Hall–Kier alpha value is -1.79. The Kier molecular flexibility index (Phi) is 8.19. The van der Waals surface area contributed by atoms with Gasteiger partial charge in [-0.1, -0.05) is 26.7 Å². The zero-order valence-corrected chi connectivity index (χ0v) is 16.5. The van der Waals surface area contributed by atoms with E-state index in [0.29, 0.717) is 25.4 Å². The smallest absolute Gasteiger partial charge is 0.225 e. The van der Waals surface area contributed by atoms with Gasteiger partial charge in [0.1, 0.15) is 0 Å². The van der Waals surface area contributed by atoms with Gasteiger partial charge in [-0.15, -0.1) is 0 Å². The van der Waals surface area contributed by atoms with E-state index in [-0.39, 0.29) is 23.8 Å². The number of amides is 2. The number of nitrogens with zero attached hydrogens (tertiary/aromatic N) is 2. The first-order valence-corrected chi connectivity index (χ1v) is 10.0. The van der Waals surface area contributed by atoms with Crippen molar-refractivity contribution in [2.45, 2.75) is 58.4 Å². The van der Waals surface area contributed by atoms with Crippen molar-refractivity contribution in [2.24, 2.45) is 16.8 Å². The van der Waals surface area contributed by atoms with Gasteiger partial charge in [0.2, 0.25) is 11.8 Å². The highest BCUT2D eigenvalue weighted by Gasteiger charge is 2.27. The summed E-state index contributed by atoms with van der Waals surface area (Å²) < 4.78 is 0. The molecule has 1 aliphatic heterocycles. The topological polar surface area (TPSA) is 85.8 Å². The third-order valence-electron chi connectivity index (χ3n) is 5.25. The molecule has 0 bridgehead atoms. The Morgan fingerprint density at radius 3 is 2.46 bits per heavy atom. The Labute approximate surface area is 157 Å². The van der Waals surface area contributed by atoms with Gasteiger partial charge in [-0.05, 0) is 25.2 Å². The maximum absolute atomic E-state index is 12.1. The minimum atomic E-state index is 0.0408. The number of likely N-dealkylation sites (tertiary alicyclic amines) is 1. The van der Waals surface area contributed by atoms with Crippen LogP contribution >= 0.6 is 0 Å². The second-order valence-corrected chi connectivity index (χ2v) is 7.77. The molecule has 2 fully saturated rings. The lowest BCUT2D eigenvalue weighted by molar-refractivity contribution is -0.133. The number of rotatable bonds is 7. The molecule has 2 aliphatic rings. The molecule has 1 saturated carbocycles. The zero-order chi connectivity index (χ0) is 18.9. The van der Waals surface area contributed by atoms with Gasteiger partial charge in [0.05, 0.1) is 0 Å². The molecule has 1 saturated heterocycles. The van der Waals surface area contributed by atoms with Crippen LogP contribution in [0.2, 0.25) is 0 Å². The second-order valence-electron chi connectivity index (χ2n) is 7.77. The normalized spacial score (nSPS) is 21.3. The van der Waals surface area contributed by atoms with Gasteiger partial charge in [0, 0.05) is 51.6 Å². The number of guanidine groups is 1. The zero-order valence-electron chi connectivity index (χ0n) is 16.5. The summed E-state index contributed by atoms with van der Waals surface area (Å²) in [6.45, 7) is 6.61. The number of carbonyl (C=O) groups is 2. The van der Waals surface area contributed by atoms with Crippen LogP contribution in [-0.4, -0.2) is 61.9 Å². The molecule has 26 heavy (non-hydrogen) atoms. The highest BCUT2D eigenvalue weighted by Crippen LogP contribution is 2.27. The lowest BCUT2D eigenvalue weighted by Gasteiger charge is -2.20. The van der Waals surface area contributed by atoms with Gasteiger partial charge >= 0.3 is 0 Å². The van der Waals surface area contributed by atoms with Crippen LogP contribution in [0.4, 0.5) is 0 Å². The molecular weight excluding hydrogens is 330 g/mol. The molecule has 1 aliphatic carbocycles. The van der Waals surface area contributed by atoms with Crippen LogP contribution in [0, 0.1) is 11.8 Å². The van der Waals surface area contributed by atoms with Crippen LogP contribution < -0.4 is 16.0 Å². The van der Waals surface area contributed by atoms with Crippen molar-refractivity contribution in [2.75, 3.05) is 33.2 Å². The van der Waals surface area contributed by atoms with Gasteiger partial charge in [-0.3, -0.25) is 14.6 Å². The Morgan fingerprint density at radius 2 is 1.81 bits per heavy atom. The minimum absolute atomic E-state index is 0.0408. The van der Waals surface area contributed by atoms with Crippen LogP contribution in [0.3, 0.4) is 0 Å². The summed E-state index contributed by atoms with van der Waals surface area (Å²) in [5, 5.41) is 9.58. The van der Waals surface area contributed by atoms with Crippen LogP contribution in [0.15, 0.2) is 4.99 Å². The molecule has 7 heteroatoms. The first kappa shape index (κ1) is 20.5. The van der Waals surface area contributed by atoms with E-state index in [1.807, 2.05) is 18.7 Å². The molecule has 0 aromatic rings. The monoisotopic (exact) mass is 365 g/mol. The van der Waals surface area contributed by atoms with Crippen molar-refractivity contribution < 1.29 is 9.59 Å². The molecule has 2 rings (SSSR count). The van der Waals surface area contributed by atoms with E-state index in [1.165, 1.54) is 25.7 Å². The number of hydrogen-bond donors (Lipinski definition) is 3. The summed E-state index contributed by atoms with van der Waals surface area (Å²) in [6, 6.07) is 0.223. The van der Waals surface area contributed by atoms with E-state index in [2.05, 4.69) is 20.9 Å². The van der Waals surface area contributed by atoms with Crippen molar-refractivity contribution in [3.63, 3.8) is 0 Å². The van der Waals surface area contributed by atoms with E-state index in [0.717, 1.165) is 25.5 Å². The Morgan fingerprint density at radius 1 is 1.12 bits per heavy atom. The quantitative estimate of drug-likeness (QED) is 0.358. The van der Waals surface area contributed by atoms with Crippen LogP contribution in [-0.2, 0) is 9.59 Å². The first-order valence-electron chi connectivity index (χ1n) is 10.0. The lowest BCUT2D eigenvalue weighted by Crippen LogP contribution is -2.47. The molecule has 0 radical (unpaired) electrons. The molecule has 1 unspecified atom stereocenters. The highest BCUT2D eigenvalue weighted by atomic mass is 16.2. The molecule has 0 aromatic heterocycles. The number of hydrogen-bond acceptors (Lipinski definition) is 3. The largest absolute Gasteiger partial charge is 0.355 e. The summed E-state index contributed by atoms with van der Waals surface area (Å²) in [4.78, 5) is 30.1. The molecule has 7 nitrogen and oxygen atoms in total. The minimum Gasteiger partial charge on any atom is -0.355 e. The van der Waals surface area contributed by atoms with Crippen molar-refractivity contribution in [1.29, 1.82) is 0 Å². The van der Waals surface area contributed by atoms with Crippen molar-refractivity contribution in [3.8, 4) is 0 Å². The second kappa shape index (κ2) is 10.4. The van der Waals surface area contributed by atoms with E-state index in [9.17, 15) is 9.59 Å². The summed E-state index contributed by atoms with van der Waals surface area (Å²) in [5.74, 6) is 1.71. The predicted molar refractivity (Wildman–Crippen MR) is 104 cm³/mol. The van der Waals surface area contributed by atoms with Gasteiger partial charge in [0.25, 0.3) is 0 Å². The van der Waals surface area contributed by atoms with Gasteiger partial charge < -0.3 is 20.9 Å². The summed E-state index contributed by atoms with van der Waals surface area (Å²) >= 11 is 0.